The van der Waals surface area contributed by atoms with E-state index in [0.717, 1.165) is 28.6 Å². The van der Waals surface area contributed by atoms with Gasteiger partial charge in [-0.15, -0.1) is 0 Å². The van der Waals surface area contributed by atoms with Crippen molar-refractivity contribution in [2.24, 2.45) is 0 Å². The van der Waals surface area contributed by atoms with Crippen molar-refractivity contribution in [2.45, 2.75) is 51.6 Å². The molecule has 2 rings (SSSR count). The summed E-state index contributed by atoms with van der Waals surface area (Å²) in [5, 5.41) is 0. The van der Waals surface area contributed by atoms with E-state index in [4.69, 9.17) is 15.2 Å². The molecule has 1 aromatic carbocycles. The summed E-state index contributed by atoms with van der Waals surface area (Å²) in [6.07, 6.45) is 2.76. The summed E-state index contributed by atoms with van der Waals surface area (Å²) in [4.78, 5) is 0. The number of ether oxygens (including phenoxy) is 2. The number of hydrogen-bond acceptors (Lipinski definition) is 3. The number of hydrogen-bond donors (Lipinski definition) is 1. The fourth-order valence-corrected chi connectivity index (χ4v) is 2.78. The van der Waals surface area contributed by atoms with Gasteiger partial charge in [0, 0.05) is 10.2 Å². The van der Waals surface area contributed by atoms with Gasteiger partial charge in [-0.05, 0) is 54.2 Å². The quantitative estimate of drug-likeness (QED) is 0.869. The second-order valence-corrected chi connectivity index (χ2v) is 5.78. The van der Waals surface area contributed by atoms with E-state index in [9.17, 15) is 0 Å². The fourth-order valence-electron chi connectivity index (χ4n) is 2.40. The third-order valence-electron chi connectivity index (χ3n) is 3.24. The van der Waals surface area contributed by atoms with E-state index in [-0.39, 0.29) is 18.3 Å². The average molecular weight is 314 g/mol. The summed E-state index contributed by atoms with van der Waals surface area (Å²) in [5.74, 6) is 0. The van der Waals surface area contributed by atoms with Crippen LogP contribution in [0.25, 0.3) is 0 Å². The molecule has 2 unspecified atom stereocenters. The Kier molecular flexibility index (Phi) is 4.65. The monoisotopic (exact) mass is 313 g/mol. The minimum absolute atomic E-state index is 0.275. The average Bonchev–Trinajstić information content (AvgIpc) is 2.30. The third-order valence-corrected chi connectivity index (χ3v) is 4.20. The van der Waals surface area contributed by atoms with Crippen molar-refractivity contribution in [3.63, 3.8) is 0 Å². The summed E-state index contributed by atoms with van der Waals surface area (Å²) in [7, 11) is 0. The zero-order chi connectivity index (χ0) is 13.1. The molecule has 0 amide bonds. The van der Waals surface area contributed by atoms with Gasteiger partial charge in [0.1, 0.15) is 0 Å². The van der Waals surface area contributed by atoms with E-state index >= 15 is 0 Å². The van der Waals surface area contributed by atoms with Crippen LogP contribution < -0.4 is 5.73 Å². The highest BCUT2D eigenvalue weighted by Gasteiger charge is 2.25. The van der Waals surface area contributed by atoms with Gasteiger partial charge in [0.15, 0.2) is 0 Å². The molecule has 0 aliphatic carbocycles. The van der Waals surface area contributed by atoms with Crippen molar-refractivity contribution in [2.75, 3.05) is 5.73 Å². The Morgan fingerprint density at radius 1 is 1.33 bits per heavy atom. The summed E-state index contributed by atoms with van der Waals surface area (Å²) in [6.45, 7) is 4.79. The molecule has 2 N–H and O–H groups in total. The number of benzene rings is 1. The summed E-state index contributed by atoms with van der Waals surface area (Å²) < 4.78 is 12.6. The number of nitrogen functional groups attached to an aromatic ring is 1. The van der Waals surface area contributed by atoms with Crippen LogP contribution in [0, 0.1) is 0 Å². The van der Waals surface area contributed by atoms with Gasteiger partial charge in [0.25, 0.3) is 0 Å². The first kappa shape index (κ1) is 13.8. The smallest absolute Gasteiger partial charge is 0.0732 e. The van der Waals surface area contributed by atoms with E-state index in [2.05, 4.69) is 29.8 Å². The van der Waals surface area contributed by atoms with Gasteiger partial charge in [-0.3, -0.25) is 0 Å². The fraction of sp³-hybridized carbons (Fsp3) is 0.571. The SMILES string of the molecule is CC1CC(OCc2cccc(N)c2Br)CC(C)O1. The Balaban J connectivity index is 1.93. The Bertz CT molecular complexity index is 401. The first-order chi connectivity index (χ1) is 8.56. The Morgan fingerprint density at radius 3 is 2.67 bits per heavy atom. The molecule has 0 radical (unpaired) electrons. The molecule has 1 heterocycles. The molecule has 0 saturated carbocycles. The maximum absolute atomic E-state index is 5.98. The normalized spacial score (nSPS) is 28.3. The summed E-state index contributed by atoms with van der Waals surface area (Å²) in [5.41, 5.74) is 7.70. The Morgan fingerprint density at radius 2 is 2.00 bits per heavy atom. The van der Waals surface area contributed by atoms with Crippen LogP contribution in [-0.2, 0) is 16.1 Å². The van der Waals surface area contributed by atoms with Gasteiger partial charge in [-0.1, -0.05) is 12.1 Å². The molecule has 0 spiro atoms. The lowest BCUT2D eigenvalue weighted by molar-refractivity contribution is -0.106. The van der Waals surface area contributed by atoms with E-state index in [1.165, 1.54) is 0 Å². The van der Waals surface area contributed by atoms with Gasteiger partial charge >= 0.3 is 0 Å². The van der Waals surface area contributed by atoms with E-state index in [0.29, 0.717) is 6.61 Å². The van der Waals surface area contributed by atoms with E-state index < -0.39 is 0 Å². The van der Waals surface area contributed by atoms with E-state index in [1.54, 1.807) is 0 Å². The lowest BCUT2D eigenvalue weighted by atomic mass is 10.0. The lowest BCUT2D eigenvalue weighted by Crippen LogP contribution is -2.34. The van der Waals surface area contributed by atoms with Crippen LogP contribution in [0.4, 0.5) is 5.69 Å². The molecule has 18 heavy (non-hydrogen) atoms. The van der Waals surface area contributed by atoms with Gasteiger partial charge in [-0.25, -0.2) is 0 Å². The minimum atomic E-state index is 0.275. The molecular weight excluding hydrogens is 294 g/mol. The van der Waals surface area contributed by atoms with Crippen molar-refractivity contribution in [1.82, 2.24) is 0 Å². The van der Waals surface area contributed by atoms with Crippen LogP contribution in [0.5, 0.6) is 0 Å². The van der Waals surface area contributed by atoms with Crippen LogP contribution in [0.1, 0.15) is 32.3 Å². The molecule has 4 heteroatoms. The first-order valence-corrected chi connectivity index (χ1v) is 7.15. The Labute approximate surface area is 117 Å². The zero-order valence-electron chi connectivity index (χ0n) is 10.9. The van der Waals surface area contributed by atoms with Crippen molar-refractivity contribution in [3.8, 4) is 0 Å². The number of nitrogens with two attached hydrogens (primary N) is 1. The number of halogens is 1. The van der Waals surface area contributed by atoms with Crippen LogP contribution in [-0.4, -0.2) is 18.3 Å². The van der Waals surface area contributed by atoms with Crippen LogP contribution in [0.2, 0.25) is 0 Å². The van der Waals surface area contributed by atoms with Gasteiger partial charge < -0.3 is 15.2 Å². The molecular formula is C14H20BrNO2. The minimum Gasteiger partial charge on any atom is -0.398 e. The molecule has 1 aliphatic rings. The molecule has 1 fully saturated rings. The molecule has 2 atom stereocenters. The maximum Gasteiger partial charge on any atom is 0.0732 e. The van der Waals surface area contributed by atoms with Gasteiger partial charge in [0.2, 0.25) is 0 Å². The highest BCUT2D eigenvalue weighted by Crippen LogP contribution is 2.27. The van der Waals surface area contributed by atoms with Crippen LogP contribution in [0.3, 0.4) is 0 Å². The van der Waals surface area contributed by atoms with Crippen molar-refractivity contribution < 1.29 is 9.47 Å². The van der Waals surface area contributed by atoms with Crippen molar-refractivity contribution in [1.29, 1.82) is 0 Å². The largest absolute Gasteiger partial charge is 0.398 e. The molecule has 1 saturated heterocycles. The molecule has 1 aliphatic heterocycles. The number of anilines is 1. The van der Waals surface area contributed by atoms with Crippen LogP contribution in [0.15, 0.2) is 22.7 Å². The van der Waals surface area contributed by atoms with Crippen LogP contribution >= 0.6 is 15.9 Å². The first-order valence-electron chi connectivity index (χ1n) is 6.36. The topological polar surface area (TPSA) is 44.5 Å². The predicted octanol–water partition coefficient (Wildman–Crippen LogP) is 3.50. The predicted molar refractivity (Wildman–Crippen MR) is 76.4 cm³/mol. The molecule has 100 valence electrons. The maximum atomic E-state index is 5.98. The molecule has 0 bridgehead atoms. The third kappa shape index (κ3) is 3.46. The zero-order valence-corrected chi connectivity index (χ0v) is 12.4. The highest BCUT2D eigenvalue weighted by molar-refractivity contribution is 9.10. The lowest BCUT2D eigenvalue weighted by Gasteiger charge is -2.32. The van der Waals surface area contributed by atoms with Crippen molar-refractivity contribution in [3.05, 3.63) is 28.2 Å². The van der Waals surface area contributed by atoms with Gasteiger partial charge in [-0.2, -0.15) is 0 Å². The Hall–Kier alpha value is -0.580. The van der Waals surface area contributed by atoms with E-state index in [1.807, 2.05) is 18.2 Å². The molecule has 1 aromatic rings. The highest BCUT2D eigenvalue weighted by atomic mass is 79.9. The standard InChI is InChI=1S/C14H20BrNO2/c1-9-6-12(7-10(2)18-9)17-8-11-4-3-5-13(16)14(11)15/h3-5,9-10,12H,6-8,16H2,1-2H3. The second kappa shape index (κ2) is 6.04. The van der Waals surface area contributed by atoms with Gasteiger partial charge in [0.05, 0.1) is 24.9 Å². The number of rotatable bonds is 3. The molecule has 0 aromatic heterocycles. The summed E-state index contributed by atoms with van der Waals surface area (Å²) in [6, 6.07) is 5.87. The second-order valence-electron chi connectivity index (χ2n) is 4.98. The summed E-state index contributed by atoms with van der Waals surface area (Å²) >= 11 is 3.50. The van der Waals surface area contributed by atoms with Crippen molar-refractivity contribution >= 4 is 21.6 Å². The molecule has 3 nitrogen and oxygen atoms in total.